The minimum absolute atomic E-state index is 0.0531. The van der Waals surface area contributed by atoms with Gasteiger partial charge in [0.1, 0.15) is 5.03 Å². The largest absolute Gasteiger partial charge is 0.454 e. The fourth-order valence-electron chi connectivity index (χ4n) is 2.50. The van der Waals surface area contributed by atoms with E-state index in [1.165, 1.54) is 19.3 Å². The van der Waals surface area contributed by atoms with Crippen molar-refractivity contribution in [1.82, 2.24) is 9.88 Å². The van der Waals surface area contributed by atoms with Gasteiger partial charge in [0, 0.05) is 25.2 Å². The molecule has 0 bridgehead atoms. The van der Waals surface area contributed by atoms with Crippen LogP contribution in [0.4, 0.5) is 0 Å². The molecule has 0 aliphatic carbocycles. The van der Waals surface area contributed by atoms with Crippen LogP contribution in [0.25, 0.3) is 0 Å². The summed E-state index contributed by atoms with van der Waals surface area (Å²) >= 11 is 1.04. The molecule has 0 saturated carbocycles. The van der Waals surface area contributed by atoms with Gasteiger partial charge in [0.2, 0.25) is 11.8 Å². The van der Waals surface area contributed by atoms with Crippen LogP contribution in [0.5, 0.6) is 0 Å². The topological polar surface area (TPSA) is 93.6 Å². The number of nitrogens with zero attached hydrogens (tertiary/aromatic N) is 2. The fourth-order valence-corrected chi connectivity index (χ4v) is 3.66. The molecule has 1 atom stereocenters. The van der Waals surface area contributed by atoms with E-state index in [1.807, 2.05) is 0 Å². The molecular weight excluding hydrogens is 368 g/mol. The summed E-state index contributed by atoms with van der Waals surface area (Å²) in [5, 5.41) is -0.342. The number of amides is 2. The lowest BCUT2D eigenvalue weighted by Gasteiger charge is -2.11. The molecular formula is C19H16N2O5S. The van der Waals surface area contributed by atoms with Crippen molar-refractivity contribution in [2.45, 2.75) is 16.7 Å². The number of esters is 1. The second-order valence-corrected chi connectivity index (χ2v) is 7.01. The third kappa shape index (κ3) is 4.22. The minimum atomic E-state index is -0.708. The van der Waals surface area contributed by atoms with Gasteiger partial charge in [-0.1, -0.05) is 42.1 Å². The van der Waals surface area contributed by atoms with E-state index in [4.69, 9.17) is 4.74 Å². The number of rotatable bonds is 6. The van der Waals surface area contributed by atoms with Gasteiger partial charge < -0.3 is 4.74 Å². The Bertz CT molecular complexity index is 900. The number of Topliss-reactive ketones (excluding diaryl/α,β-unsaturated/α-hetero) is 1. The second kappa shape index (κ2) is 8.13. The van der Waals surface area contributed by atoms with Crippen molar-refractivity contribution in [2.75, 3.05) is 13.7 Å². The molecule has 7 nitrogen and oxygen atoms in total. The van der Waals surface area contributed by atoms with E-state index < -0.39 is 17.8 Å². The summed E-state index contributed by atoms with van der Waals surface area (Å²) < 4.78 is 5.11. The molecule has 2 amide bonds. The van der Waals surface area contributed by atoms with Crippen LogP contribution in [0.2, 0.25) is 0 Å². The summed E-state index contributed by atoms with van der Waals surface area (Å²) in [5.74, 6) is -1.62. The van der Waals surface area contributed by atoms with Gasteiger partial charge in [-0.2, -0.15) is 0 Å². The first-order chi connectivity index (χ1) is 13.0. The molecule has 1 aliphatic rings. The lowest BCUT2D eigenvalue weighted by atomic mass is 10.1. The van der Waals surface area contributed by atoms with Crippen LogP contribution in [-0.2, 0) is 14.3 Å². The third-order valence-electron chi connectivity index (χ3n) is 4.02. The van der Waals surface area contributed by atoms with E-state index in [9.17, 15) is 19.2 Å². The molecule has 1 aromatic heterocycles. The van der Waals surface area contributed by atoms with E-state index in [0.29, 0.717) is 5.56 Å². The lowest BCUT2D eigenvalue weighted by Crippen LogP contribution is -2.26. The standard InChI is InChI=1S/C19H16N2O5S/c1-21-16(23)10-15(18(21)24)27-17-13(8-5-9-20-17)19(25)26-11-14(22)12-6-3-2-4-7-12/h2-9,15H,10-11H2,1H3. The van der Waals surface area contributed by atoms with Crippen molar-refractivity contribution < 1.29 is 23.9 Å². The summed E-state index contributed by atoms with van der Waals surface area (Å²) in [4.78, 5) is 53.4. The Hall–Kier alpha value is -3.00. The molecule has 2 heterocycles. The number of likely N-dealkylation sites (tertiary alicyclic amines) is 1. The minimum Gasteiger partial charge on any atom is -0.454 e. The highest BCUT2D eigenvalue weighted by molar-refractivity contribution is 8.00. The molecule has 1 aromatic carbocycles. The zero-order valence-corrected chi connectivity index (χ0v) is 15.3. The Balaban J connectivity index is 1.68. The van der Waals surface area contributed by atoms with Gasteiger partial charge in [0.25, 0.3) is 0 Å². The Labute approximate surface area is 159 Å². The van der Waals surface area contributed by atoms with E-state index in [1.54, 1.807) is 36.4 Å². The average Bonchev–Trinajstić information content (AvgIpc) is 2.93. The van der Waals surface area contributed by atoms with Crippen LogP contribution in [-0.4, -0.2) is 52.4 Å². The van der Waals surface area contributed by atoms with E-state index in [2.05, 4.69) is 4.98 Å². The number of ketones is 1. The Morgan fingerprint density at radius 3 is 2.59 bits per heavy atom. The number of aromatic nitrogens is 1. The van der Waals surface area contributed by atoms with Gasteiger partial charge in [-0.05, 0) is 12.1 Å². The second-order valence-electron chi connectivity index (χ2n) is 5.82. The van der Waals surface area contributed by atoms with Gasteiger partial charge >= 0.3 is 5.97 Å². The van der Waals surface area contributed by atoms with Gasteiger partial charge in [0.15, 0.2) is 12.4 Å². The molecule has 1 saturated heterocycles. The number of carbonyl (C=O) groups excluding carboxylic acids is 4. The maximum Gasteiger partial charge on any atom is 0.341 e. The number of imide groups is 1. The normalized spacial score (nSPS) is 16.5. The molecule has 1 unspecified atom stereocenters. The smallest absolute Gasteiger partial charge is 0.341 e. The van der Waals surface area contributed by atoms with Gasteiger partial charge in [-0.25, -0.2) is 9.78 Å². The van der Waals surface area contributed by atoms with Gasteiger partial charge in [-0.15, -0.1) is 0 Å². The summed E-state index contributed by atoms with van der Waals surface area (Å²) in [5.41, 5.74) is 0.599. The highest BCUT2D eigenvalue weighted by atomic mass is 32.2. The highest BCUT2D eigenvalue weighted by Gasteiger charge is 2.37. The number of carbonyl (C=O) groups is 4. The van der Waals surface area contributed by atoms with E-state index in [0.717, 1.165) is 16.7 Å². The number of benzene rings is 1. The summed E-state index contributed by atoms with van der Waals surface area (Å²) in [6.45, 7) is -0.397. The van der Waals surface area contributed by atoms with Crippen LogP contribution in [0.1, 0.15) is 27.1 Å². The van der Waals surface area contributed by atoms with E-state index in [-0.39, 0.29) is 34.6 Å². The van der Waals surface area contributed by atoms with Crippen LogP contribution >= 0.6 is 11.8 Å². The lowest BCUT2D eigenvalue weighted by molar-refractivity contribution is -0.136. The Kier molecular flexibility index (Phi) is 5.66. The summed E-state index contributed by atoms with van der Waals surface area (Å²) in [7, 11) is 1.42. The van der Waals surface area contributed by atoms with Crippen LogP contribution in [0, 0.1) is 0 Å². The molecule has 2 aromatic rings. The molecule has 0 spiro atoms. The SMILES string of the molecule is CN1C(=O)CC(Sc2ncccc2C(=O)OCC(=O)c2ccccc2)C1=O. The first kappa shape index (κ1) is 18.8. The Morgan fingerprint density at radius 2 is 1.93 bits per heavy atom. The van der Waals surface area contributed by atoms with Gasteiger partial charge in [-0.3, -0.25) is 19.3 Å². The molecule has 1 fully saturated rings. The van der Waals surface area contributed by atoms with Crippen LogP contribution in [0.15, 0.2) is 53.7 Å². The molecule has 27 heavy (non-hydrogen) atoms. The first-order valence-corrected chi connectivity index (χ1v) is 9.03. The van der Waals surface area contributed by atoms with E-state index >= 15 is 0 Å². The molecule has 8 heteroatoms. The summed E-state index contributed by atoms with van der Waals surface area (Å²) in [6, 6.07) is 11.6. The highest BCUT2D eigenvalue weighted by Crippen LogP contribution is 2.31. The van der Waals surface area contributed by atoms with Crippen molar-refractivity contribution >= 4 is 35.3 Å². The molecule has 138 valence electrons. The van der Waals surface area contributed by atoms with Crippen molar-refractivity contribution in [3.8, 4) is 0 Å². The number of ether oxygens (including phenoxy) is 1. The number of hydrogen-bond donors (Lipinski definition) is 0. The molecule has 0 N–H and O–H groups in total. The summed E-state index contributed by atoms with van der Waals surface area (Å²) in [6.07, 6.45) is 1.54. The third-order valence-corrected chi connectivity index (χ3v) is 5.22. The van der Waals surface area contributed by atoms with Crippen molar-refractivity contribution in [3.05, 3.63) is 59.8 Å². The van der Waals surface area contributed by atoms with Crippen LogP contribution < -0.4 is 0 Å². The van der Waals surface area contributed by atoms with Crippen molar-refractivity contribution in [1.29, 1.82) is 0 Å². The van der Waals surface area contributed by atoms with Crippen LogP contribution in [0.3, 0.4) is 0 Å². The Morgan fingerprint density at radius 1 is 1.19 bits per heavy atom. The number of hydrogen-bond acceptors (Lipinski definition) is 7. The zero-order chi connectivity index (χ0) is 19.4. The molecule has 1 aliphatic heterocycles. The quantitative estimate of drug-likeness (QED) is 0.427. The van der Waals surface area contributed by atoms with Crippen molar-refractivity contribution in [2.24, 2.45) is 0 Å². The monoisotopic (exact) mass is 384 g/mol. The number of thioether (sulfide) groups is 1. The maximum atomic E-state index is 12.4. The predicted molar refractivity (Wildman–Crippen MR) is 97.3 cm³/mol. The van der Waals surface area contributed by atoms with Gasteiger partial charge in [0.05, 0.1) is 10.8 Å². The maximum absolute atomic E-state index is 12.4. The predicted octanol–water partition coefficient (Wildman–Crippen LogP) is 1.97. The first-order valence-electron chi connectivity index (χ1n) is 8.15. The average molecular weight is 384 g/mol. The fraction of sp³-hybridized carbons (Fsp3) is 0.211. The zero-order valence-electron chi connectivity index (χ0n) is 14.5. The molecule has 3 rings (SSSR count). The number of pyridine rings is 1. The molecule has 0 radical (unpaired) electrons. The van der Waals surface area contributed by atoms with Crippen molar-refractivity contribution in [3.63, 3.8) is 0 Å².